The van der Waals surface area contributed by atoms with Crippen LogP contribution in [0.2, 0.25) is 0 Å². The molecule has 0 unspecified atom stereocenters. The standard InChI is InChI=1S/C19H20F2N2O3/c1-11-7-8-14(9-12(11)2)18(25)22-10-17(24)23-15-5-4-6-16(13(15)3)26-19(20)21/h4-9,19H,10H2,1-3H3,(H,22,25)(H,23,24). The van der Waals surface area contributed by atoms with Gasteiger partial charge in [-0.05, 0) is 56.2 Å². The number of carbonyl (C=O) groups is 2. The van der Waals surface area contributed by atoms with Crippen LogP contribution in [0.1, 0.15) is 27.0 Å². The third kappa shape index (κ3) is 5.02. The van der Waals surface area contributed by atoms with Crippen molar-refractivity contribution in [1.29, 1.82) is 0 Å². The second-order valence-corrected chi connectivity index (χ2v) is 5.84. The van der Waals surface area contributed by atoms with Crippen molar-refractivity contribution >= 4 is 17.5 Å². The smallest absolute Gasteiger partial charge is 0.387 e. The minimum atomic E-state index is -2.95. The van der Waals surface area contributed by atoms with E-state index in [1.54, 1.807) is 25.1 Å². The zero-order chi connectivity index (χ0) is 19.3. The van der Waals surface area contributed by atoms with Gasteiger partial charge in [-0.1, -0.05) is 12.1 Å². The molecule has 0 aliphatic rings. The Labute approximate surface area is 150 Å². The Bertz CT molecular complexity index is 822. The van der Waals surface area contributed by atoms with E-state index in [1.165, 1.54) is 12.1 Å². The first kappa shape index (κ1) is 19.4. The highest BCUT2D eigenvalue weighted by Gasteiger charge is 2.13. The van der Waals surface area contributed by atoms with Crippen molar-refractivity contribution in [2.24, 2.45) is 0 Å². The van der Waals surface area contributed by atoms with Crippen LogP contribution in [0.25, 0.3) is 0 Å². The number of nitrogens with one attached hydrogen (secondary N) is 2. The molecule has 5 nitrogen and oxygen atoms in total. The van der Waals surface area contributed by atoms with Crippen LogP contribution in [0.4, 0.5) is 14.5 Å². The normalized spacial score (nSPS) is 10.5. The van der Waals surface area contributed by atoms with E-state index in [0.717, 1.165) is 11.1 Å². The van der Waals surface area contributed by atoms with Crippen molar-refractivity contribution in [3.8, 4) is 5.75 Å². The first-order valence-corrected chi connectivity index (χ1v) is 7.97. The summed E-state index contributed by atoms with van der Waals surface area (Å²) in [7, 11) is 0. The number of aryl methyl sites for hydroxylation is 2. The van der Waals surface area contributed by atoms with Crippen LogP contribution in [0.15, 0.2) is 36.4 Å². The fourth-order valence-corrected chi connectivity index (χ4v) is 2.31. The first-order valence-electron chi connectivity index (χ1n) is 7.97. The van der Waals surface area contributed by atoms with Gasteiger partial charge >= 0.3 is 6.61 Å². The summed E-state index contributed by atoms with van der Waals surface area (Å²) < 4.78 is 29.1. The van der Waals surface area contributed by atoms with Gasteiger partial charge in [0.15, 0.2) is 0 Å². The van der Waals surface area contributed by atoms with Gasteiger partial charge in [-0.3, -0.25) is 9.59 Å². The predicted molar refractivity (Wildman–Crippen MR) is 94.7 cm³/mol. The molecule has 26 heavy (non-hydrogen) atoms. The van der Waals surface area contributed by atoms with Crippen molar-refractivity contribution in [3.63, 3.8) is 0 Å². The fraction of sp³-hybridized carbons (Fsp3) is 0.263. The molecule has 2 N–H and O–H groups in total. The molecule has 0 fully saturated rings. The molecule has 0 radical (unpaired) electrons. The summed E-state index contributed by atoms with van der Waals surface area (Å²) in [5.74, 6) is -0.855. The van der Waals surface area contributed by atoms with Gasteiger partial charge in [-0.25, -0.2) is 0 Å². The van der Waals surface area contributed by atoms with Gasteiger partial charge in [-0.2, -0.15) is 8.78 Å². The summed E-state index contributed by atoms with van der Waals surface area (Å²) in [6.07, 6.45) is 0. The Morgan fingerprint density at radius 3 is 2.46 bits per heavy atom. The molecule has 0 atom stereocenters. The molecule has 0 bridgehead atoms. The van der Waals surface area contributed by atoms with Crippen LogP contribution < -0.4 is 15.4 Å². The van der Waals surface area contributed by atoms with Gasteiger partial charge in [0.05, 0.1) is 6.54 Å². The second kappa shape index (κ2) is 8.42. The number of halogens is 2. The van der Waals surface area contributed by atoms with Gasteiger partial charge in [0, 0.05) is 16.8 Å². The van der Waals surface area contributed by atoms with E-state index >= 15 is 0 Å². The Hall–Kier alpha value is -2.96. The minimum absolute atomic E-state index is 0.0167. The average molecular weight is 362 g/mol. The van der Waals surface area contributed by atoms with Crippen molar-refractivity contribution in [2.75, 3.05) is 11.9 Å². The van der Waals surface area contributed by atoms with Gasteiger partial charge in [0.2, 0.25) is 5.91 Å². The van der Waals surface area contributed by atoms with Crippen LogP contribution in [0, 0.1) is 20.8 Å². The lowest BCUT2D eigenvalue weighted by Crippen LogP contribution is -2.33. The summed E-state index contributed by atoms with van der Waals surface area (Å²) >= 11 is 0. The van der Waals surface area contributed by atoms with E-state index < -0.39 is 12.5 Å². The Morgan fingerprint density at radius 2 is 1.81 bits per heavy atom. The van der Waals surface area contributed by atoms with E-state index in [4.69, 9.17) is 0 Å². The maximum Gasteiger partial charge on any atom is 0.387 e. The molecule has 138 valence electrons. The lowest BCUT2D eigenvalue weighted by molar-refractivity contribution is -0.115. The molecule has 2 aromatic carbocycles. The van der Waals surface area contributed by atoms with Crippen LogP contribution in [-0.2, 0) is 4.79 Å². The number of rotatable bonds is 6. The number of hydrogen-bond acceptors (Lipinski definition) is 3. The highest BCUT2D eigenvalue weighted by Crippen LogP contribution is 2.26. The topological polar surface area (TPSA) is 67.4 Å². The molecule has 0 saturated carbocycles. The maximum absolute atomic E-state index is 12.4. The third-order valence-corrected chi connectivity index (χ3v) is 3.95. The van der Waals surface area contributed by atoms with Crippen LogP contribution in [0.5, 0.6) is 5.75 Å². The molecular formula is C19H20F2N2O3. The Morgan fingerprint density at radius 1 is 1.08 bits per heavy atom. The van der Waals surface area contributed by atoms with Crippen molar-refractivity contribution in [3.05, 3.63) is 58.7 Å². The number of ether oxygens (including phenoxy) is 1. The third-order valence-electron chi connectivity index (χ3n) is 3.95. The van der Waals surface area contributed by atoms with Crippen molar-refractivity contribution in [2.45, 2.75) is 27.4 Å². The maximum atomic E-state index is 12.4. The van der Waals surface area contributed by atoms with Crippen LogP contribution in [0.3, 0.4) is 0 Å². The fourth-order valence-electron chi connectivity index (χ4n) is 2.31. The van der Waals surface area contributed by atoms with E-state index in [9.17, 15) is 18.4 Å². The Kier molecular flexibility index (Phi) is 6.27. The summed E-state index contributed by atoms with van der Waals surface area (Å²) in [5, 5.41) is 5.10. The van der Waals surface area contributed by atoms with Gasteiger partial charge in [0.25, 0.3) is 5.91 Å². The van der Waals surface area contributed by atoms with Gasteiger partial charge in [0.1, 0.15) is 5.75 Å². The molecule has 0 spiro atoms. The minimum Gasteiger partial charge on any atom is -0.434 e. The number of anilines is 1. The summed E-state index contributed by atoms with van der Waals surface area (Å²) in [6, 6.07) is 9.72. The number of alkyl halides is 2. The van der Waals surface area contributed by atoms with E-state index in [-0.39, 0.29) is 18.2 Å². The second-order valence-electron chi connectivity index (χ2n) is 5.84. The number of hydrogen-bond donors (Lipinski definition) is 2. The average Bonchev–Trinajstić information content (AvgIpc) is 2.58. The molecule has 0 saturated heterocycles. The zero-order valence-electron chi connectivity index (χ0n) is 14.7. The summed E-state index contributed by atoms with van der Waals surface area (Å²) in [4.78, 5) is 24.2. The molecule has 0 heterocycles. The largest absolute Gasteiger partial charge is 0.434 e. The zero-order valence-corrected chi connectivity index (χ0v) is 14.7. The molecule has 0 aromatic heterocycles. The summed E-state index contributed by atoms with van der Waals surface area (Å²) in [6.45, 7) is 2.21. The quantitative estimate of drug-likeness (QED) is 0.825. The molecule has 0 aliphatic carbocycles. The molecule has 0 aliphatic heterocycles. The molecule has 2 amide bonds. The lowest BCUT2D eigenvalue weighted by atomic mass is 10.1. The van der Waals surface area contributed by atoms with E-state index in [0.29, 0.717) is 16.8 Å². The van der Waals surface area contributed by atoms with E-state index in [1.807, 2.05) is 19.9 Å². The number of carbonyl (C=O) groups excluding carboxylic acids is 2. The first-order chi connectivity index (χ1) is 12.3. The monoisotopic (exact) mass is 362 g/mol. The van der Waals surface area contributed by atoms with Crippen LogP contribution in [-0.4, -0.2) is 25.0 Å². The molecule has 2 rings (SSSR count). The number of amides is 2. The van der Waals surface area contributed by atoms with Crippen LogP contribution >= 0.6 is 0 Å². The number of benzene rings is 2. The van der Waals surface area contributed by atoms with Gasteiger partial charge in [-0.15, -0.1) is 0 Å². The summed E-state index contributed by atoms with van der Waals surface area (Å²) in [5.41, 5.74) is 3.23. The SMILES string of the molecule is Cc1ccc(C(=O)NCC(=O)Nc2cccc(OC(F)F)c2C)cc1C. The molecule has 2 aromatic rings. The Balaban J connectivity index is 1.96. The molecular weight excluding hydrogens is 342 g/mol. The lowest BCUT2D eigenvalue weighted by Gasteiger charge is -2.13. The highest BCUT2D eigenvalue weighted by atomic mass is 19.3. The molecule has 7 heteroatoms. The predicted octanol–water partition coefficient (Wildman–Crippen LogP) is 3.58. The van der Waals surface area contributed by atoms with Crippen molar-refractivity contribution in [1.82, 2.24) is 5.32 Å². The highest BCUT2D eigenvalue weighted by molar-refractivity contribution is 5.99. The van der Waals surface area contributed by atoms with E-state index in [2.05, 4.69) is 15.4 Å². The van der Waals surface area contributed by atoms with Gasteiger partial charge < -0.3 is 15.4 Å². The van der Waals surface area contributed by atoms with Crippen molar-refractivity contribution < 1.29 is 23.1 Å².